The summed E-state index contributed by atoms with van der Waals surface area (Å²) in [7, 11) is -3.77. The van der Waals surface area contributed by atoms with Crippen molar-refractivity contribution >= 4 is 48.1 Å². The summed E-state index contributed by atoms with van der Waals surface area (Å²) in [5.41, 5.74) is 2.56. The standard InChI is InChI=1S/C8H8BrN5O2S2/c9-7-4-12-8(17-7)14-18(15,16)6-3-11-2-1-5(6)13-10/h1-4H,10H2,(H,11,13)(H,12,14). The lowest BCUT2D eigenvalue weighted by Crippen LogP contribution is -2.17. The molecule has 2 aromatic rings. The van der Waals surface area contributed by atoms with Gasteiger partial charge in [0, 0.05) is 12.4 Å². The van der Waals surface area contributed by atoms with Crippen molar-refractivity contribution < 1.29 is 8.42 Å². The van der Waals surface area contributed by atoms with Crippen molar-refractivity contribution in [1.29, 1.82) is 0 Å². The number of nitrogens with one attached hydrogen (secondary N) is 2. The molecule has 0 amide bonds. The fraction of sp³-hybridized carbons (Fsp3) is 0. The van der Waals surface area contributed by atoms with Crippen LogP contribution in [0.3, 0.4) is 0 Å². The average Bonchev–Trinajstić information content (AvgIpc) is 2.74. The highest BCUT2D eigenvalue weighted by atomic mass is 79.9. The van der Waals surface area contributed by atoms with Crippen LogP contribution in [-0.4, -0.2) is 18.4 Å². The third kappa shape index (κ3) is 2.77. The summed E-state index contributed by atoms with van der Waals surface area (Å²) in [6, 6.07) is 1.46. The van der Waals surface area contributed by atoms with E-state index in [2.05, 4.69) is 36.0 Å². The average molecular weight is 350 g/mol. The highest BCUT2D eigenvalue weighted by molar-refractivity contribution is 9.11. The van der Waals surface area contributed by atoms with Crippen LogP contribution in [0.2, 0.25) is 0 Å². The molecule has 18 heavy (non-hydrogen) atoms. The van der Waals surface area contributed by atoms with Crippen LogP contribution in [0.5, 0.6) is 0 Å². The molecule has 0 radical (unpaired) electrons. The number of aromatic nitrogens is 2. The van der Waals surface area contributed by atoms with Crippen LogP contribution in [-0.2, 0) is 10.0 Å². The van der Waals surface area contributed by atoms with Crippen LogP contribution < -0.4 is 16.0 Å². The molecule has 0 aliphatic rings. The largest absolute Gasteiger partial charge is 0.323 e. The smallest absolute Gasteiger partial charge is 0.267 e. The minimum Gasteiger partial charge on any atom is -0.323 e. The van der Waals surface area contributed by atoms with Crippen molar-refractivity contribution in [2.75, 3.05) is 10.1 Å². The van der Waals surface area contributed by atoms with Gasteiger partial charge in [0.15, 0.2) is 5.13 Å². The number of nitrogens with two attached hydrogens (primary N) is 1. The second-order valence-electron chi connectivity index (χ2n) is 3.09. The van der Waals surface area contributed by atoms with E-state index < -0.39 is 10.0 Å². The van der Waals surface area contributed by atoms with E-state index in [-0.39, 0.29) is 15.7 Å². The number of nitrogen functional groups attached to an aromatic ring is 1. The van der Waals surface area contributed by atoms with E-state index in [0.29, 0.717) is 0 Å². The summed E-state index contributed by atoms with van der Waals surface area (Å²) in [5.74, 6) is 5.25. The molecule has 7 nitrogen and oxygen atoms in total. The summed E-state index contributed by atoms with van der Waals surface area (Å²) >= 11 is 4.37. The Hall–Kier alpha value is -1.23. The van der Waals surface area contributed by atoms with Crippen molar-refractivity contribution in [1.82, 2.24) is 9.97 Å². The summed E-state index contributed by atoms with van der Waals surface area (Å²) < 4.78 is 27.3. The SMILES string of the molecule is NNc1ccncc1S(=O)(=O)Nc1ncc(Br)s1. The van der Waals surface area contributed by atoms with E-state index in [9.17, 15) is 8.42 Å². The molecule has 0 unspecified atom stereocenters. The first-order valence-corrected chi connectivity index (χ1v) is 7.67. The highest BCUT2D eigenvalue weighted by Crippen LogP contribution is 2.27. The lowest BCUT2D eigenvalue weighted by Gasteiger charge is -2.09. The summed E-state index contributed by atoms with van der Waals surface area (Å²) in [6.07, 6.45) is 4.15. The van der Waals surface area contributed by atoms with E-state index in [1.807, 2.05) is 0 Å². The lowest BCUT2D eigenvalue weighted by atomic mass is 10.4. The predicted molar refractivity (Wildman–Crippen MR) is 72.7 cm³/mol. The molecule has 2 rings (SSSR count). The number of nitrogens with zero attached hydrogens (tertiary/aromatic N) is 2. The Bertz CT molecular complexity index is 657. The van der Waals surface area contributed by atoms with Gasteiger partial charge in [0.05, 0.1) is 15.7 Å². The van der Waals surface area contributed by atoms with Gasteiger partial charge in [0.2, 0.25) is 0 Å². The predicted octanol–water partition coefficient (Wildman–Crippen LogP) is 1.39. The third-order valence-electron chi connectivity index (χ3n) is 1.93. The number of halogens is 1. The molecule has 96 valence electrons. The van der Waals surface area contributed by atoms with Gasteiger partial charge in [-0.3, -0.25) is 15.5 Å². The third-order valence-corrected chi connectivity index (χ3v) is 4.82. The monoisotopic (exact) mass is 349 g/mol. The zero-order valence-electron chi connectivity index (χ0n) is 8.79. The van der Waals surface area contributed by atoms with Crippen molar-refractivity contribution in [3.05, 3.63) is 28.4 Å². The molecule has 0 aliphatic heterocycles. The zero-order chi connectivity index (χ0) is 13.2. The van der Waals surface area contributed by atoms with Crippen molar-refractivity contribution in [2.24, 2.45) is 5.84 Å². The topological polar surface area (TPSA) is 110 Å². The Labute approximate surface area is 116 Å². The Morgan fingerprint density at radius 1 is 1.39 bits per heavy atom. The van der Waals surface area contributed by atoms with E-state index in [1.165, 1.54) is 36.0 Å². The minimum absolute atomic E-state index is 0.0428. The molecule has 2 aromatic heterocycles. The molecular weight excluding hydrogens is 342 g/mol. The molecular formula is C8H8BrN5O2S2. The Kier molecular flexibility index (Phi) is 3.80. The van der Waals surface area contributed by atoms with Gasteiger partial charge in [0.1, 0.15) is 4.90 Å². The second-order valence-corrected chi connectivity index (χ2v) is 7.15. The molecule has 0 saturated carbocycles. The van der Waals surface area contributed by atoms with E-state index in [4.69, 9.17) is 5.84 Å². The number of sulfonamides is 1. The maximum absolute atomic E-state index is 12.1. The van der Waals surface area contributed by atoms with Crippen LogP contribution in [0.4, 0.5) is 10.8 Å². The molecule has 0 saturated heterocycles. The van der Waals surface area contributed by atoms with Crippen LogP contribution in [0.15, 0.2) is 33.3 Å². The number of hydrogen-bond acceptors (Lipinski definition) is 7. The van der Waals surface area contributed by atoms with E-state index >= 15 is 0 Å². The fourth-order valence-electron chi connectivity index (χ4n) is 1.18. The number of hydrazine groups is 1. The van der Waals surface area contributed by atoms with Crippen LogP contribution in [0.1, 0.15) is 0 Å². The number of thiazole rings is 1. The Morgan fingerprint density at radius 2 is 2.17 bits per heavy atom. The molecule has 0 aromatic carbocycles. The first-order valence-electron chi connectivity index (χ1n) is 4.58. The van der Waals surface area contributed by atoms with Gasteiger partial charge in [-0.1, -0.05) is 11.3 Å². The van der Waals surface area contributed by atoms with Crippen LogP contribution in [0.25, 0.3) is 0 Å². The van der Waals surface area contributed by atoms with Crippen molar-refractivity contribution in [2.45, 2.75) is 4.90 Å². The molecule has 0 spiro atoms. The van der Waals surface area contributed by atoms with Gasteiger partial charge in [-0.2, -0.15) is 0 Å². The summed E-state index contributed by atoms with van der Waals surface area (Å²) in [5, 5.41) is 0.258. The number of anilines is 2. The Morgan fingerprint density at radius 3 is 2.78 bits per heavy atom. The van der Waals surface area contributed by atoms with Gasteiger partial charge < -0.3 is 5.43 Å². The van der Waals surface area contributed by atoms with Crippen molar-refractivity contribution in [3.8, 4) is 0 Å². The van der Waals surface area contributed by atoms with Gasteiger partial charge in [0.25, 0.3) is 10.0 Å². The fourth-order valence-corrected chi connectivity index (χ4v) is 3.65. The van der Waals surface area contributed by atoms with Gasteiger partial charge in [-0.15, -0.1) is 0 Å². The quantitative estimate of drug-likeness (QED) is 0.568. The molecule has 0 aliphatic carbocycles. The molecule has 0 atom stereocenters. The first-order chi connectivity index (χ1) is 8.53. The molecule has 4 N–H and O–H groups in total. The van der Waals surface area contributed by atoms with E-state index in [1.54, 1.807) is 0 Å². The highest BCUT2D eigenvalue weighted by Gasteiger charge is 2.20. The summed E-state index contributed by atoms with van der Waals surface area (Å²) in [4.78, 5) is 7.61. The number of pyridine rings is 1. The van der Waals surface area contributed by atoms with E-state index in [0.717, 1.165) is 3.79 Å². The van der Waals surface area contributed by atoms with Gasteiger partial charge in [-0.05, 0) is 22.0 Å². The minimum atomic E-state index is -3.77. The second kappa shape index (κ2) is 5.18. The maximum Gasteiger partial charge on any atom is 0.267 e. The lowest BCUT2D eigenvalue weighted by molar-refractivity contribution is 0.601. The number of rotatable bonds is 4. The molecule has 2 heterocycles. The molecule has 0 fully saturated rings. The Balaban J connectivity index is 2.36. The van der Waals surface area contributed by atoms with Crippen LogP contribution >= 0.6 is 27.3 Å². The normalized spacial score (nSPS) is 11.2. The zero-order valence-corrected chi connectivity index (χ0v) is 12.0. The summed E-state index contributed by atoms with van der Waals surface area (Å²) in [6.45, 7) is 0. The van der Waals surface area contributed by atoms with Gasteiger partial charge in [-0.25, -0.2) is 13.4 Å². The maximum atomic E-state index is 12.1. The first kappa shape index (κ1) is 13.2. The van der Waals surface area contributed by atoms with Crippen molar-refractivity contribution in [3.63, 3.8) is 0 Å². The number of hydrogen-bond donors (Lipinski definition) is 3. The van der Waals surface area contributed by atoms with Gasteiger partial charge >= 0.3 is 0 Å². The van der Waals surface area contributed by atoms with Crippen LogP contribution in [0, 0.1) is 0 Å². The molecule has 0 bridgehead atoms. The molecule has 10 heteroatoms.